The van der Waals surface area contributed by atoms with E-state index in [1.807, 2.05) is 0 Å². The molecule has 140 valence electrons. The van der Waals surface area contributed by atoms with Crippen molar-refractivity contribution in [1.29, 1.82) is 0 Å². The molecule has 2 heterocycles. The standard InChI is InChI=1S/C19H25N3O4/c1-13-5-4-10-21(11-13)16(23)12-22-17(24)19(2,20-18(22)25)14-6-8-15(26-3)9-7-14/h6-9,13H,4-5,10-12H2,1-3H3,(H,20,25). The number of piperidine rings is 1. The fourth-order valence-electron chi connectivity index (χ4n) is 3.61. The Balaban J connectivity index is 1.74. The summed E-state index contributed by atoms with van der Waals surface area (Å²) in [6.07, 6.45) is 2.05. The van der Waals surface area contributed by atoms with Crippen molar-refractivity contribution < 1.29 is 19.1 Å². The quantitative estimate of drug-likeness (QED) is 0.831. The van der Waals surface area contributed by atoms with Gasteiger partial charge in [-0.25, -0.2) is 4.79 Å². The maximum atomic E-state index is 12.9. The van der Waals surface area contributed by atoms with Gasteiger partial charge < -0.3 is 15.0 Å². The van der Waals surface area contributed by atoms with Crippen LogP contribution in [-0.4, -0.2) is 54.4 Å². The number of amides is 4. The molecule has 1 aromatic carbocycles. The third-order valence-electron chi connectivity index (χ3n) is 5.25. The highest BCUT2D eigenvalue weighted by atomic mass is 16.5. The molecule has 7 heteroatoms. The number of ether oxygens (including phenoxy) is 1. The first-order valence-corrected chi connectivity index (χ1v) is 8.91. The van der Waals surface area contributed by atoms with E-state index in [9.17, 15) is 14.4 Å². The van der Waals surface area contributed by atoms with Gasteiger partial charge in [0.2, 0.25) is 5.91 Å². The van der Waals surface area contributed by atoms with Gasteiger partial charge in [0.05, 0.1) is 7.11 Å². The van der Waals surface area contributed by atoms with E-state index in [0.29, 0.717) is 30.3 Å². The summed E-state index contributed by atoms with van der Waals surface area (Å²) in [5.41, 5.74) is -0.531. The summed E-state index contributed by atoms with van der Waals surface area (Å²) in [7, 11) is 1.56. The Labute approximate surface area is 153 Å². The number of nitrogens with zero attached hydrogens (tertiary/aromatic N) is 2. The molecule has 3 rings (SSSR count). The van der Waals surface area contributed by atoms with Crippen LogP contribution in [0.2, 0.25) is 0 Å². The zero-order valence-corrected chi connectivity index (χ0v) is 15.4. The van der Waals surface area contributed by atoms with Crippen LogP contribution in [0, 0.1) is 5.92 Å². The van der Waals surface area contributed by atoms with Gasteiger partial charge in [0.25, 0.3) is 5.91 Å². The van der Waals surface area contributed by atoms with Crippen LogP contribution >= 0.6 is 0 Å². The van der Waals surface area contributed by atoms with Crippen LogP contribution in [0.15, 0.2) is 24.3 Å². The van der Waals surface area contributed by atoms with Gasteiger partial charge in [-0.2, -0.15) is 0 Å². The molecule has 0 bridgehead atoms. The average Bonchev–Trinajstić information content (AvgIpc) is 2.86. The Morgan fingerprint density at radius 2 is 2.00 bits per heavy atom. The smallest absolute Gasteiger partial charge is 0.325 e. The van der Waals surface area contributed by atoms with Crippen molar-refractivity contribution >= 4 is 17.8 Å². The van der Waals surface area contributed by atoms with Crippen LogP contribution in [0.4, 0.5) is 4.79 Å². The van der Waals surface area contributed by atoms with E-state index in [0.717, 1.165) is 17.7 Å². The SMILES string of the molecule is COc1ccc(C2(C)NC(=O)N(CC(=O)N3CCCC(C)C3)C2=O)cc1. The predicted octanol–water partition coefficient (Wildman–Crippen LogP) is 1.72. The Morgan fingerprint density at radius 3 is 2.62 bits per heavy atom. The van der Waals surface area contributed by atoms with Crippen LogP contribution < -0.4 is 10.1 Å². The second-order valence-corrected chi connectivity index (χ2v) is 7.26. The zero-order chi connectivity index (χ0) is 18.9. The lowest BCUT2D eigenvalue weighted by Gasteiger charge is -2.31. The van der Waals surface area contributed by atoms with Gasteiger partial charge in [-0.1, -0.05) is 19.1 Å². The first-order valence-electron chi connectivity index (χ1n) is 8.91. The Hall–Kier alpha value is -2.57. The van der Waals surface area contributed by atoms with Gasteiger partial charge in [-0.3, -0.25) is 14.5 Å². The topological polar surface area (TPSA) is 79.0 Å². The lowest BCUT2D eigenvalue weighted by molar-refractivity contribution is -0.139. The van der Waals surface area contributed by atoms with Gasteiger partial charge in [-0.05, 0) is 43.4 Å². The lowest BCUT2D eigenvalue weighted by Crippen LogP contribution is -2.47. The van der Waals surface area contributed by atoms with Crippen LogP contribution in [0.25, 0.3) is 0 Å². The highest BCUT2D eigenvalue weighted by Crippen LogP contribution is 2.30. The number of hydrogen-bond donors (Lipinski definition) is 1. The van der Waals surface area contributed by atoms with Crippen LogP contribution in [0.1, 0.15) is 32.3 Å². The fourth-order valence-corrected chi connectivity index (χ4v) is 3.61. The predicted molar refractivity (Wildman–Crippen MR) is 95.6 cm³/mol. The molecule has 2 aliphatic rings. The number of urea groups is 1. The summed E-state index contributed by atoms with van der Waals surface area (Å²) in [5.74, 6) is 0.519. The minimum absolute atomic E-state index is 0.181. The van der Waals surface area contributed by atoms with E-state index in [1.54, 1.807) is 43.2 Å². The maximum absolute atomic E-state index is 12.9. The molecule has 2 unspecified atom stereocenters. The number of likely N-dealkylation sites (tertiary alicyclic amines) is 1. The minimum atomic E-state index is -1.18. The van der Waals surface area contributed by atoms with Crippen molar-refractivity contribution in [3.63, 3.8) is 0 Å². The molecule has 2 saturated heterocycles. The number of rotatable bonds is 4. The Bertz CT molecular complexity index is 718. The monoisotopic (exact) mass is 359 g/mol. The molecule has 26 heavy (non-hydrogen) atoms. The summed E-state index contributed by atoms with van der Waals surface area (Å²) in [4.78, 5) is 40.6. The second kappa shape index (κ2) is 6.97. The molecule has 0 aromatic heterocycles. The number of benzene rings is 1. The van der Waals surface area contributed by atoms with Crippen molar-refractivity contribution in [3.8, 4) is 5.75 Å². The number of imide groups is 1. The largest absolute Gasteiger partial charge is 0.497 e. The molecular weight excluding hydrogens is 334 g/mol. The summed E-state index contributed by atoms with van der Waals surface area (Å²) in [6, 6.07) is 6.43. The van der Waals surface area contributed by atoms with Crippen LogP contribution in [-0.2, 0) is 15.1 Å². The number of carbonyl (C=O) groups excluding carboxylic acids is 3. The highest BCUT2D eigenvalue weighted by Gasteiger charge is 2.49. The van der Waals surface area contributed by atoms with Crippen LogP contribution in [0.5, 0.6) is 5.75 Å². The molecular formula is C19H25N3O4. The first kappa shape index (κ1) is 18.2. The van der Waals surface area contributed by atoms with Crippen molar-refractivity contribution in [2.75, 3.05) is 26.7 Å². The summed E-state index contributed by atoms with van der Waals surface area (Å²) >= 11 is 0. The molecule has 2 aliphatic heterocycles. The van der Waals surface area contributed by atoms with Crippen LogP contribution in [0.3, 0.4) is 0 Å². The first-order chi connectivity index (χ1) is 12.3. The number of nitrogens with one attached hydrogen (secondary N) is 1. The molecule has 1 N–H and O–H groups in total. The van der Waals surface area contributed by atoms with Crippen molar-refractivity contribution in [2.24, 2.45) is 5.92 Å². The average molecular weight is 359 g/mol. The zero-order valence-electron chi connectivity index (χ0n) is 15.4. The molecule has 4 amide bonds. The van der Waals surface area contributed by atoms with E-state index in [1.165, 1.54) is 0 Å². The third kappa shape index (κ3) is 3.25. The van der Waals surface area contributed by atoms with Gasteiger partial charge in [0, 0.05) is 13.1 Å². The summed E-state index contributed by atoms with van der Waals surface area (Å²) in [5, 5.41) is 2.73. The van der Waals surface area contributed by atoms with E-state index in [-0.39, 0.29) is 12.5 Å². The van der Waals surface area contributed by atoms with Crippen molar-refractivity contribution in [1.82, 2.24) is 15.1 Å². The highest BCUT2D eigenvalue weighted by molar-refractivity contribution is 6.09. The molecule has 0 radical (unpaired) electrons. The lowest BCUT2D eigenvalue weighted by atomic mass is 9.92. The summed E-state index contributed by atoms with van der Waals surface area (Å²) < 4.78 is 5.13. The van der Waals surface area contributed by atoms with Gasteiger partial charge >= 0.3 is 6.03 Å². The minimum Gasteiger partial charge on any atom is -0.497 e. The van der Waals surface area contributed by atoms with E-state index in [4.69, 9.17) is 4.74 Å². The van der Waals surface area contributed by atoms with Gasteiger partial charge in [0.15, 0.2) is 0 Å². The fraction of sp³-hybridized carbons (Fsp3) is 0.526. The molecule has 0 saturated carbocycles. The molecule has 2 fully saturated rings. The van der Waals surface area contributed by atoms with Gasteiger partial charge in [0.1, 0.15) is 17.8 Å². The Morgan fingerprint density at radius 1 is 1.31 bits per heavy atom. The van der Waals surface area contributed by atoms with E-state index < -0.39 is 17.5 Å². The molecule has 1 aromatic rings. The van der Waals surface area contributed by atoms with Crippen molar-refractivity contribution in [3.05, 3.63) is 29.8 Å². The molecule has 0 aliphatic carbocycles. The second-order valence-electron chi connectivity index (χ2n) is 7.26. The van der Waals surface area contributed by atoms with E-state index >= 15 is 0 Å². The number of methoxy groups -OCH3 is 1. The normalized spacial score (nSPS) is 26.0. The molecule has 2 atom stereocenters. The Kier molecular flexibility index (Phi) is 4.89. The van der Waals surface area contributed by atoms with Crippen molar-refractivity contribution in [2.45, 2.75) is 32.2 Å². The maximum Gasteiger partial charge on any atom is 0.325 e. The van der Waals surface area contributed by atoms with E-state index in [2.05, 4.69) is 12.2 Å². The molecule has 0 spiro atoms. The third-order valence-corrected chi connectivity index (χ3v) is 5.25. The molecule has 7 nitrogen and oxygen atoms in total. The van der Waals surface area contributed by atoms with Gasteiger partial charge in [-0.15, -0.1) is 0 Å². The summed E-state index contributed by atoms with van der Waals surface area (Å²) in [6.45, 7) is 4.90. The number of carbonyl (C=O) groups is 3. The number of hydrogen-bond acceptors (Lipinski definition) is 4.